The third-order valence-electron chi connectivity index (χ3n) is 3.81. The van der Waals surface area contributed by atoms with Crippen molar-refractivity contribution in [3.8, 4) is 5.69 Å². The summed E-state index contributed by atoms with van der Waals surface area (Å²) in [4.78, 5) is 40.9. The quantitative estimate of drug-likeness (QED) is 0.496. The minimum absolute atomic E-state index is 0.0374. The maximum absolute atomic E-state index is 12.7. The summed E-state index contributed by atoms with van der Waals surface area (Å²) >= 11 is 0. The Morgan fingerprint density at radius 2 is 2.08 bits per heavy atom. The Bertz CT molecular complexity index is 1050. The fraction of sp³-hybridized carbons (Fsp3) is 0.294. The molecule has 0 unspecified atom stereocenters. The van der Waals surface area contributed by atoms with Crippen molar-refractivity contribution < 1.29 is 14.3 Å². The van der Waals surface area contributed by atoms with Crippen molar-refractivity contribution >= 4 is 22.9 Å². The lowest BCUT2D eigenvalue weighted by molar-refractivity contribution is -0.150. The standard InChI is InChI=1S/C17H17N5O4/c1-4-26-17(25)14(11(3)23)21-9-18-15-13(16(21)24)19-20-22(15)12-7-5-6-10(2)8-12/h5-9,14H,4H2,1-3H3/t14-/m1/s1. The lowest BCUT2D eigenvalue weighted by Gasteiger charge is -2.14. The Labute approximate surface area is 148 Å². The fourth-order valence-electron chi connectivity index (χ4n) is 2.64. The number of Topliss-reactive ketones (excluding diaryl/α,β-unsaturated/α-hetero) is 1. The van der Waals surface area contributed by atoms with Crippen LogP contribution in [-0.2, 0) is 14.3 Å². The molecule has 0 N–H and O–H groups in total. The van der Waals surface area contributed by atoms with Gasteiger partial charge in [-0.1, -0.05) is 17.3 Å². The first kappa shape index (κ1) is 17.5. The van der Waals surface area contributed by atoms with Gasteiger partial charge in [-0.05, 0) is 38.5 Å². The van der Waals surface area contributed by atoms with Crippen LogP contribution in [0.4, 0.5) is 0 Å². The smallest absolute Gasteiger partial charge is 0.337 e. The molecule has 2 heterocycles. The van der Waals surface area contributed by atoms with E-state index in [0.29, 0.717) is 5.69 Å². The van der Waals surface area contributed by atoms with E-state index < -0.39 is 23.4 Å². The SMILES string of the molecule is CCOC(=O)[C@@H](C(C)=O)n1cnc2c(nnn2-c2cccc(C)c2)c1=O. The van der Waals surface area contributed by atoms with Crippen LogP contribution in [0.15, 0.2) is 35.4 Å². The molecule has 3 aromatic rings. The number of ether oxygens (including phenoxy) is 1. The van der Waals surface area contributed by atoms with Crippen molar-refractivity contribution in [2.45, 2.75) is 26.8 Å². The Morgan fingerprint density at radius 3 is 2.73 bits per heavy atom. The van der Waals surface area contributed by atoms with E-state index in [-0.39, 0.29) is 17.8 Å². The third kappa shape index (κ3) is 2.99. The highest BCUT2D eigenvalue weighted by atomic mass is 16.5. The lowest BCUT2D eigenvalue weighted by atomic mass is 10.2. The molecule has 0 saturated heterocycles. The van der Waals surface area contributed by atoms with E-state index in [0.717, 1.165) is 16.5 Å². The monoisotopic (exact) mass is 355 g/mol. The van der Waals surface area contributed by atoms with Gasteiger partial charge in [-0.3, -0.25) is 14.2 Å². The Hall–Kier alpha value is -3.36. The number of fused-ring (bicyclic) bond motifs is 1. The third-order valence-corrected chi connectivity index (χ3v) is 3.81. The molecule has 2 aromatic heterocycles. The molecule has 134 valence electrons. The summed E-state index contributed by atoms with van der Waals surface area (Å²) < 4.78 is 7.25. The predicted molar refractivity (Wildman–Crippen MR) is 92.0 cm³/mol. The highest BCUT2D eigenvalue weighted by Crippen LogP contribution is 2.15. The van der Waals surface area contributed by atoms with Gasteiger partial charge in [-0.2, -0.15) is 4.68 Å². The first-order chi connectivity index (χ1) is 12.4. The molecule has 0 spiro atoms. The lowest BCUT2D eigenvalue weighted by Crippen LogP contribution is -2.35. The average Bonchev–Trinajstić information content (AvgIpc) is 3.02. The van der Waals surface area contributed by atoms with Crippen molar-refractivity contribution in [1.29, 1.82) is 0 Å². The van der Waals surface area contributed by atoms with Gasteiger partial charge >= 0.3 is 5.97 Å². The van der Waals surface area contributed by atoms with Crippen LogP contribution in [0.1, 0.15) is 25.5 Å². The summed E-state index contributed by atoms with van der Waals surface area (Å²) in [5.74, 6) is -1.34. The molecule has 9 nitrogen and oxygen atoms in total. The topological polar surface area (TPSA) is 109 Å². The van der Waals surface area contributed by atoms with Crippen LogP contribution in [0.2, 0.25) is 0 Å². The highest BCUT2D eigenvalue weighted by Gasteiger charge is 2.29. The molecule has 0 aliphatic rings. The molecule has 9 heteroatoms. The Morgan fingerprint density at radius 1 is 1.31 bits per heavy atom. The van der Waals surface area contributed by atoms with Crippen LogP contribution in [0.3, 0.4) is 0 Å². The number of aryl methyl sites for hydroxylation is 1. The molecule has 0 saturated carbocycles. The number of carbonyl (C=O) groups excluding carboxylic acids is 2. The van der Waals surface area contributed by atoms with Crippen molar-refractivity contribution in [2.75, 3.05) is 6.61 Å². The molecule has 0 amide bonds. The number of carbonyl (C=O) groups is 2. The van der Waals surface area contributed by atoms with E-state index in [1.165, 1.54) is 11.6 Å². The van der Waals surface area contributed by atoms with Crippen LogP contribution < -0.4 is 5.56 Å². The van der Waals surface area contributed by atoms with Crippen molar-refractivity contribution in [1.82, 2.24) is 24.5 Å². The number of esters is 1. The minimum Gasteiger partial charge on any atom is -0.464 e. The van der Waals surface area contributed by atoms with Gasteiger partial charge in [0.25, 0.3) is 5.56 Å². The molecular weight excluding hydrogens is 338 g/mol. The van der Waals surface area contributed by atoms with Crippen LogP contribution in [0, 0.1) is 6.92 Å². The van der Waals surface area contributed by atoms with Crippen LogP contribution in [0.5, 0.6) is 0 Å². The molecular formula is C17H17N5O4. The van der Waals surface area contributed by atoms with Crippen LogP contribution >= 0.6 is 0 Å². The number of rotatable bonds is 5. The molecule has 0 bridgehead atoms. The second-order valence-corrected chi connectivity index (χ2v) is 5.73. The normalized spacial score (nSPS) is 12.1. The van der Waals surface area contributed by atoms with Gasteiger partial charge < -0.3 is 4.74 Å². The Balaban J connectivity index is 2.14. The largest absolute Gasteiger partial charge is 0.464 e. The van der Waals surface area contributed by atoms with E-state index in [4.69, 9.17) is 4.74 Å². The second kappa shape index (κ2) is 6.87. The number of hydrogen-bond donors (Lipinski definition) is 0. The maximum atomic E-state index is 12.7. The van der Waals surface area contributed by atoms with E-state index in [1.54, 1.807) is 6.92 Å². The molecule has 0 aliphatic carbocycles. The first-order valence-electron chi connectivity index (χ1n) is 8.00. The van der Waals surface area contributed by atoms with Gasteiger partial charge in [0, 0.05) is 0 Å². The molecule has 26 heavy (non-hydrogen) atoms. The van der Waals surface area contributed by atoms with E-state index in [2.05, 4.69) is 15.3 Å². The van der Waals surface area contributed by atoms with Gasteiger partial charge in [0.2, 0.25) is 0 Å². The maximum Gasteiger partial charge on any atom is 0.337 e. The van der Waals surface area contributed by atoms with Crippen LogP contribution in [-0.4, -0.2) is 42.9 Å². The molecule has 1 aromatic carbocycles. The van der Waals surface area contributed by atoms with Gasteiger partial charge in [0.1, 0.15) is 6.33 Å². The summed E-state index contributed by atoms with van der Waals surface area (Å²) in [6.07, 6.45) is 1.14. The number of aromatic nitrogens is 5. The van der Waals surface area contributed by atoms with Crippen LogP contribution in [0.25, 0.3) is 16.9 Å². The number of hydrogen-bond acceptors (Lipinski definition) is 7. The predicted octanol–water partition coefficient (Wildman–Crippen LogP) is 0.979. The van der Waals surface area contributed by atoms with Crippen molar-refractivity contribution in [3.63, 3.8) is 0 Å². The van der Waals surface area contributed by atoms with Gasteiger partial charge in [0.15, 0.2) is 23.0 Å². The highest BCUT2D eigenvalue weighted by molar-refractivity contribution is 6.00. The molecule has 0 fully saturated rings. The van der Waals surface area contributed by atoms with Gasteiger partial charge in [-0.15, -0.1) is 5.10 Å². The fourth-order valence-corrected chi connectivity index (χ4v) is 2.64. The average molecular weight is 355 g/mol. The zero-order chi connectivity index (χ0) is 18.8. The van der Waals surface area contributed by atoms with Crippen molar-refractivity contribution in [2.24, 2.45) is 0 Å². The number of ketones is 1. The van der Waals surface area contributed by atoms with Crippen molar-refractivity contribution in [3.05, 3.63) is 46.5 Å². The molecule has 1 atom stereocenters. The van der Waals surface area contributed by atoms with E-state index in [1.807, 2.05) is 31.2 Å². The summed E-state index contributed by atoms with van der Waals surface area (Å²) in [5.41, 5.74) is 1.28. The summed E-state index contributed by atoms with van der Waals surface area (Å²) in [6.45, 7) is 4.85. The molecule has 0 radical (unpaired) electrons. The molecule has 0 aliphatic heterocycles. The van der Waals surface area contributed by atoms with E-state index in [9.17, 15) is 14.4 Å². The Kier molecular flexibility index (Phi) is 4.61. The summed E-state index contributed by atoms with van der Waals surface area (Å²) in [7, 11) is 0. The molecule has 3 rings (SSSR count). The minimum atomic E-state index is -1.40. The summed E-state index contributed by atoms with van der Waals surface area (Å²) in [6, 6.07) is 6.07. The number of nitrogens with zero attached hydrogens (tertiary/aromatic N) is 5. The van der Waals surface area contributed by atoms with E-state index >= 15 is 0 Å². The first-order valence-corrected chi connectivity index (χ1v) is 8.00. The second-order valence-electron chi connectivity index (χ2n) is 5.73. The zero-order valence-corrected chi connectivity index (χ0v) is 14.5. The number of benzene rings is 1. The zero-order valence-electron chi connectivity index (χ0n) is 14.5. The van der Waals surface area contributed by atoms with Gasteiger partial charge in [0.05, 0.1) is 12.3 Å². The van der Waals surface area contributed by atoms with Gasteiger partial charge in [-0.25, -0.2) is 9.78 Å². The summed E-state index contributed by atoms with van der Waals surface area (Å²) in [5, 5.41) is 7.87.